The first-order valence-electron chi connectivity index (χ1n) is 7.93. The zero-order valence-corrected chi connectivity index (χ0v) is 14.6. The molecule has 5 nitrogen and oxygen atoms in total. The van der Waals surface area contributed by atoms with Crippen LogP contribution in [0.15, 0.2) is 24.3 Å². The van der Waals surface area contributed by atoms with E-state index in [0.29, 0.717) is 13.1 Å². The molecule has 0 spiro atoms. The van der Waals surface area contributed by atoms with Gasteiger partial charge in [-0.25, -0.2) is 4.68 Å². The van der Waals surface area contributed by atoms with Gasteiger partial charge in [0.1, 0.15) is 0 Å². The molecule has 1 aromatic carbocycles. The Kier molecular flexibility index (Phi) is 5.21. The molecule has 0 aliphatic carbocycles. The lowest BCUT2D eigenvalue weighted by Crippen LogP contribution is -2.34. The van der Waals surface area contributed by atoms with E-state index in [4.69, 9.17) is 5.73 Å². The van der Waals surface area contributed by atoms with Crippen molar-refractivity contribution < 1.29 is 4.79 Å². The topological polar surface area (TPSA) is 64.2 Å². The molecule has 0 saturated carbocycles. The predicted octanol–water partition coefficient (Wildman–Crippen LogP) is 2.35. The van der Waals surface area contributed by atoms with Crippen molar-refractivity contribution in [1.29, 1.82) is 0 Å². The van der Waals surface area contributed by atoms with E-state index in [1.807, 2.05) is 44.6 Å². The molecular formula is C18H26N4O. The number of hydrogen-bond acceptors (Lipinski definition) is 3. The number of nitrogens with two attached hydrogens (primary N) is 1. The second kappa shape index (κ2) is 6.96. The van der Waals surface area contributed by atoms with Crippen molar-refractivity contribution in [2.45, 2.75) is 34.2 Å². The average molecular weight is 314 g/mol. The molecule has 0 radical (unpaired) electrons. The number of carbonyl (C=O) groups is 1. The van der Waals surface area contributed by atoms with Gasteiger partial charge in [-0.1, -0.05) is 25.1 Å². The van der Waals surface area contributed by atoms with E-state index in [-0.39, 0.29) is 11.8 Å². The molecule has 1 aromatic heterocycles. The number of nitrogens with zero attached hydrogens (tertiary/aromatic N) is 3. The molecule has 124 valence electrons. The molecule has 0 aliphatic heterocycles. The Balaban J connectivity index is 2.32. The van der Waals surface area contributed by atoms with Crippen molar-refractivity contribution in [1.82, 2.24) is 14.7 Å². The summed E-state index contributed by atoms with van der Waals surface area (Å²) in [6, 6.07) is 8.16. The van der Waals surface area contributed by atoms with Crippen LogP contribution in [0.1, 0.15) is 29.4 Å². The molecule has 1 atom stereocenters. The molecule has 5 heteroatoms. The zero-order chi connectivity index (χ0) is 17.1. The maximum atomic E-state index is 12.3. The van der Waals surface area contributed by atoms with Gasteiger partial charge in [-0.15, -0.1) is 0 Å². The van der Waals surface area contributed by atoms with E-state index >= 15 is 0 Å². The van der Waals surface area contributed by atoms with Gasteiger partial charge in [0.25, 0.3) is 0 Å². The summed E-state index contributed by atoms with van der Waals surface area (Å²) in [5.41, 5.74) is 10.9. The van der Waals surface area contributed by atoms with Crippen molar-refractivity contribution >= 4 is 5.91 Å². The quantitative estimate of drug-likeness (QED) is 0.921. The molecule has 1 unspecified atom stereocenters. The SMILES string of the molecule is Cc1ccccc1-n1nc(C)c(CN(C)C(=O)C(C)CN)c1C. The van der Waals surface area contributed by atoms with Crippen molar-refractivity contribution in [2.75, 3.05) is 13.6 Å². The molecule has 0 saturated heterocycles. The van der Waals surface area contributed by atoms with Crippen LogP contribution in [-0.2, 0) is 11.3 Å². The molecule has 2 N–H and O–H groups in total. The average Bonchev–Trinajstić information content (AvgIpc) is 2.81. The van der Waals surface area contributed by atoms with Crippen molar-refractivity contribution in [2.24, 2.45) is 11.7 Å². The molecule has 1 amide bonds. The highest BCUT2D eigenvalue weighted by atomic mass is 16.2. The van der Waals surface area contributed by atoms with Crippen LogP contribution < -0.4 is 5.73 Å². The fraction of sp³-hybridized carbons (Fsp3) is 0.444. The first-order valence-corrected chi connectivity index (χ1v) is 7.93. The Morgan fingerprint density at radius 2 is 1.96 bits per heavy atom. The van der Waals surface area contributed by atoms with Gasteiger partial charge in [-0.05, 0) is 32.4 Å². The lowest BCUT2D eigenvalue weighted by atomic mass is 10.1. The maximum absolute atomic E-state index is 12.3. The molecule has 0 fully saturated rings. The molecule has 0 aliphatic rings. The highest BCUT2D eigenvalue weighted by molar-refractivity contribution is 5.78. The summed E-state index contributed by atoms with van der Waals surface area (Å²) in [4.78, 5) is 14.0. The van der Waals surface area contributed by atoms with Gasteiger partial charge >= 0.3 is 0 Å². The number of para-hydroxylation sites is 1. The highest BCUT2D eigenvalue weighted by Crippen LogP contribution is 2.21. The van der Waals surface area contributed by atoms with Gasteiger partial charge in [-0.3, -0.25) is 4.79 Å². The lowest BCUT2D eigenvalue weighted by molar-refractivity contribution is -0.133. The fourth-order valence-electron chi connectivity index (χ4n) is 2.73. The van der Waals surface area contributed by atoms with Crippen LogP contribution in [0.4, 0.5) is 0 Å². The fourth-order valence-corrected chi connectivity index (χ4v) is 2.73. The molecule has 0 bridgehead atoms. The van der Waals surface area contributed by atoms with E-state index in [9.17, 15) is 4.79 Å². The van der Waals surface area contributed by atoms with E-state index in [0.717, 1.165) is 22.6 Å². The van der Waals surface area contributed by atoms with Crippen LogP contribution in [-0.4, -0.2) is 34.2 Å². The Hall–Kier alpha value is -2.14. The second-order valence-electron chi connectivity index (χ2n) is 6.18. The van der Waals surface area contributed by atoms with Crippen LogP contribution in [0, 0.1) is 26.7 Å². The smallest absolute Gasteiger partial charge is 0.226 e. The monoisotopic (exact) mass is 314 g/mol. The van der Waals surface area contributed by atoms with Crippen LogP contribution in [0.3, 0.4) is 0 Å². The Bertz CT molecular complexity index is 705. The summed E-state index contributed by atoms with van der Waals surface area (Å²) in [6.07, 6.45) is 0. The number of carbonyl (C=O) groups excluding carboxylic acids is 1. The van der Waals surface area contributed by atoms with E-state index in [1.54, 1.807) is 4.90 Å². The third-order valence-corrected chi connectivity index (χ3v) is 4.33. The summed E-state index contributed by atoms with van der Waals surface area (Å²) in [7, 11) is 1.82. The summed E-state index contributed by atoms with van der Waals surface area (Å²) in [5, 5.41) is 4.67. The molecule has 1 heterocycles. The van der Waals surface area contributed by atoms with Crippen LogP contribution in [0.25, 0.3) is 5.69 Å². The Morgan fingerprint density at radius 1 is 1.30 bits per heavy atom. The number of amides is 1. The molecular weight excluding hydrogens is 288 g/mol. The van der Waals surface area contributed by atoms with Crippen LogP contribution in [0.2, 0.25) is 0 Å². The number of benzene rings is 1. The molecule has 2 rings (SSSR count). The van der Waals surface area contributed by atoms with Gasteiger partial charge in [0.15, 0.2) is 0 Å². The Labute approximate surface area is 138 Å². The van der Waals surface area contributed by atoms with E-state index in [2.05, 4.69) is 24.2 Å². The third kappa shape index (κ3) is 3.45. The van der Waals surface area contributed by atoms with Gasteiger partial charge < -0.3 is 10.6 Å². The maximum Gasteiger partial charge on any atom is 0.226 e. The predicted molar refractivity (Wildman–Crippen MR) is 92.5 cm³/mol. The first-order chi connectivity index (χ1) is 10.9. The van der Waals surface area contributed by atoms with Gasteiger partial charge in [0, 0.05) is 37.3 Å². The van der Waals surface area contributed by atoms with Gasteiger partial charge in [-0.2, -0.15) is 5.10 Å². The van der Waals surface area contributed by atoms with E-state index in [1.165, 1.54) is 5.56 Å². The Morgan fingerprint density at radius 3 is 2.57 bits per heavy atom. The summed E-state index contributed by atoms with van der Waals surface area (Å²) in [6.45, 7) is 8.88. The minimum Gasteiger partial charge on any atom is -0.341 e. The normalized spacial score (nSPS) is 12.3. The minimum absolute atomic E-state index is 0.0648. The van der Waals surface area contributed by atoms with Crippen molar-refractivity contribution in [3.63, 3.8) is 0 Å². The summed E-state index contributed by atoms with van der Waals surface area (Å²) >= 11 is 0. The minimum atomic E-state index is -0.160. The first kappa shape index (κ1) is 17.2. The number of aromatic nitrogens is 2. The standard InChI is InChI=1S/C18H26N4O/c1-12-8-6-7-9-17(12)22-15(4)16(14(3)20-22)11-21(5)18(23)13(2)10-19/h6-9,13H,10-11,19H2,1-5H3. The van der Waals surface area contributed by atoms with Crippen molar-refractivity contribution in [3.05, 3.63) is 46.8 Å². The number of aryl methyl sites for hydroxylation is 2. The lowest BCUT2D eigenvalue weighted by Gasteiger charge is -2.21. The second-order valence-corrected chi connectivity index (χ2v) is 6.18. The largest absolute Gasteiger partial charge is 0.341 e. The summed E-state index contributed by atoms with van der Waals surface area (Å²) in [5.74, 6) is -0.0954. The zero-order valence-electron chi connectivity index (χ0n) is 14.6. The van der Waals surface area contributed by atoms with E-state index < -0.39 is 0 Å². The number of rotatable bonds is 5. The van der Waals surface area contributed by atoms with Crippen LogP contribution in [0.5, 0.6) is 0 Å². The van der Waals surface area contributed by atoms with Crippen molar-refractivity contribution in [3.8, 4) is 5.69 Å². The van der Waals surface area contributed by atoms with Crippen LogP contribution >= 0.6 is 0 Å². The summed E-state index contributed by atoms with van der Waals surface area (Å²) < 4.78 is 1.96. The third-order valence-electron chi connectivity index (χ3n) is 4.33. The van der Waals surface area contributed by atoms with Gasteiger partial charge in [0.05, 0.1) is 11.4 Å². The number of hydrogen-bond donors (Lipinski definition) is 1. The molecule has 23 heavy (non-hydrogen) atoms. The highest BCUT2D eigenvalue weighted by Gasteiger charge is 2.20. The molecule has 2 aromatic rings. The van der Waals surface area contributed by atoms with Gasteiger partial charge in [0.2, 0.25) is 5.91 Å².